The molecule has 0 aliphatic heterocycles. The molecule has 0 saturated heterocycles. The molecule has 0 fully saturated rings. The zero-order valence-electron chi connectivity index (χ0n) is 21.8. The first-order valence-electron chi connectivity index (χ1n) is 12.1. The van der Waals surface area contributed by atoms with Gasteiger partial charge in [0.05, 0.1) is 28.9 Å². The molecule has 1 amide bonds. The van der Waals surface area contributed by atoms with Gasteiger partial charge in [0, 0.05) is 8.95 Å². The van der Waals surface area contributed by atoms with Gasteiger partial charge in [0.1, 0.15) is 11.5 Å². The number of rotatable bonds is 10. The molecule has 0 bridgehead atoms. The van der Waals surface area contributed by atoms with Gasteiger partial charge < -0.3 is 18.9 Å². The van der Waals surface area contributed by atoms with Gasteiger partial charge in [0.15, 0.2) is 18.1 Å². The molecule has 4 aromatic carbocycles. The first kappa shape index (κ1) is 30.9. The molecule has 1 N–H and O–H groups in total. The number of carbonyl (C=O) groups is 3. The van der Waals surface area contributed by atoms with Crippen LogP contribution in [0.4, 0.5) is 0 Å². The van der Waals surface area contributed by atoms with Crippen LogP contribution in [0.15, 0.2) is 103 Å². The van der Waals surface area contributed by atoms with Crippen molar-refractivity contribution in [3.05, 3.63) is 115 Å². The van der Waals surface area contributed by atoms with Crippen molar-refractivity contribution >= 4 is 71.9 Å². The summed E-state index contributed by atoms with van der Waals surface area (Å²) in [6.07, 6.45) is 1.35. The number of amides is 1. The van der Waals surface area contributed by atoms with Crippen LogP contribution < -0.4 is 24.4 Å². The van der Waals surface area contributed by atoms with Gasteiger partial charge in [-0.15, -0.1) is 0 Å². The minimum atomic E-state index is -0.660. The summed E-state index contributed by atoms with van der Waals surface area (Å²) in [5.74, 6) is -0.701. The van der Waals surface area contributed by atoms with Gasteiger partial charge in [-0.1, -0.05) is 31.9 Å². The number of carbonyl (C=O) groups excluding carboxylic acids is 3. The van der Waals surface area contributed by atoms with Crippen LogP contribution in [0.2, 0.25) is 0 Å². The smallest absolute Gasteiger partial charge is 0.343 e. The van der Waals surface area contributed by atoms with Gasteiger partial charge >= 0.3 is 11.9 Å². The van der Waals surface area contributed by atoms with Crippen LogP contribution in [0.3, 0.4) is 0 Å². The fourth-order valence-corrected chi connectivity index (χ4v) is 4.34. The molecule has 0 aliphatic carbocycles. The van der Waals surface area contributed by atoms with Crippen LogP contribution in [0, 0.1) is 0 Å². The number of nitrogens with one attached hydrogen (secondary N) is 1. The Hall–Kier alpha value is -4.00. The fourth-order valence-electron chi connectivity index (χ4n) is 3.34. The second-order valence-corrected chi connectivity index (χ2v) is 11.1. The number of hydrazone groups is 1. The van der Waals surface area contributed by atoms with Crippen molar-refractivity contribution in [3.8, 4) is 23.0 Å². The molecule has 214 valence electrons. The maximum atomic E-state index is 12.8. The van der Waals surface area contributed by atoms with E-state index in [2.05, 4.69) is 58.3 Å². The standard InChI is InChI=1S/C30H21Br3N2O7/c1-39-23-11-13-25(24(33)15-23)40-17-28(36)35-34-16-18-2-12-26(41-29(37)19-3-7-21(31)8-4-19)27(14-18)42-30(38)20-5-9-22(32)10-6-20/h2-16H,17H2,1H3,(H,35,36)/b34-16-. The van der Waals surface area contributed by atoms with E-state index < -0.39 is 17.8 Å². The van der Waals surface area contributed by atoms with E-state index in [1.807, 2.05) is 0 Å². The summed E-state index contributed by atoms with van der Waals surface area (Å²) < 4.78 is 24.0. The summed E-state index contributed by atoms with van der Waals surface area (Å²) in [7, 11) is 1.55. The largest absolute Gasteiger partial charge is 0.497 e. The highest BCUT2D eigenvalue weighted by Crippen LogP contribution is 2.31. The van der Waals surface area contributed by atoms with E-state index in [1.54, 1.807) is 79.9 Å². The van der Waals surface area contributed by atoms with Crippen molar-refractivity contribution in [2.24, 2.45) is 5.10 Å². The normalized spacial score (nSPS) is 10.7. The van der Waals surface area contributed by atoms with E-state index >= 15 is 0 Å². The van der Waals surface area contributed by atoms with Gasteiger partial charge in [0.25, 0.3) is 5.91 Å². The third-order valence-corrected chi connectivity index (χ3v) is 7.11. The van der Waals surface area contributed by atoms with Crippen LogP contribution in [-0.2, 0) is 4.79 Å². The molecule has 9 nitrogen and oxygen atoms in total. The average molecular weight is 761 g/mol. The molecule has 0 saturated carbocycles. The summed E-state index contributed by atoms with van der Waals surface area (Å²) in [5, 5.41) is 3.94. The third-order valence-electron chi connectivity index (χ3n) is 5.43. The van der Waals surface area contributed by atoms with Crippen LogP contribution in [0.5, 0.6) is 23.0 Å². The molecule has 12 heteroatoms. The molecule has 0 aromatic heterocycles. The average Bonchev–Trinajstić information content (AvgIpc) is 2.98. The molecule has 0 unspecified atom stereocenters. The molecule has 4 rings (SSSR count). The highest BCUT2D eigenvalue weighted by molar-refractivity contribution is 9.11. The maximum absolute atomic E-state index is 12.8. The minimum absolute atomic E-state index is 0.0173. The monoisotopic (exact) mass is 758 g/mol. The fraction of sp³-hybridized carbons (Fsp3) is 0.0667. The van der Waals surface area contributed by atoms with E-state index in [9.17, 15) is 14.4 Å². The Morgan fingerprint density at radius 3 is 1.88 bits per heavy atom. The van der Waals surface area contributed by atoms with Gasteiger partial charge in [-0.05, 0) is 106 Å². The summed E-state index contributed by atoms with van der Waals surface area (Å²) in [5.41, 5.74) is 3.42. The first-order valence-corrected chi connectivity index (χ1v) is 14.5. The van der Waals surface area contributed by atoms with E-state index in [0.29, 0.717) is 32.7 Å². The van der Waals surface area contributed by atoms with Crippen molar-refractivity contribution in [2.75, 3.05) is 13.7 Å². The Balaban J connectivity index is 1.46. The molecular weight excluding hydrogens is 740 g/mol. The van der Waals surface area contributed by atoms with Crippen LogP contribution >= 0.6 is 47.8 Å². The van der Waals surface area contributed by atoms with E-state index in [-0.39, 0.29) is 18.1 Å². The van der Waals surface area contributed by atoms with Crippen LogP contribution in [0.25, 0.3) is 0 Å². The Morgan fingerprint density at radius 2 is 1.31 bits per heavy atom. The SMILES string of the molecule is COc1ccc(OCC(=O)N/N=C\c2ccc(OC(=O)c3ccc(Br)cc3)c(OC(=O)c3ccc(Br)cc3)c2)c(Br)c1. The van der Waals surface area contributed by atoms with E-state index in [0.717, 1.165) is 8.95 Å². The predicted octanol–water partition coefficient (Wildman–Crippen LogP) is 6.95. The second kappa shape index (κ2) is 14.8. The molecule has 4 aromatic rings. The number of halogens is 3. The second-order valence-electron chi connectivity index (χ2n) is 8.38. The van der Waals surface area contributed by atoms with Crippen molar-refractivity contribution in [1.29, 1.82) is 0 Å². The Morgan fingerprint density at radius 1 is 0.738 bits per heavy atom. The summed E-state index contributed by atoms with van der Waals surface area (Å²) >= 11 is 10.0. The summed E-state index contributed by atoms with van der Waals surface area (Å²) in [6.45, 7) is -0.288. The minimum Gasteiger partial charge on any atom is -0.497 e. The lowest BCUT2D eigenvalue weighted by molar-refractivity contribution is -0.123. The van der Waals surface area contributed by atoms with Gasteiger partial charge in [0.2, 0.25) is 0 Å². The zero-order valence-corrected chi connectivity index (χ0v) is 26.6. The highest BCUT2D eigenvalue weighted by Gasteiger charge is 2.17. The summed E-state index contributed by atoms with van der Waals surface area (Å²) in [4.78, 5) is 37.8. The molecule has 42 heavy (non-hydrogen) atoms. The van der Waals surface area contributed by atoms with Gasteiger partial charge in [-0.2, -0.15) is 5.10 Å². The predicted molar refractivity (Wildman–Crippen MR) is 167 cm³/mol. The number of benzene rings is 4. The lowest BCUT2D eigenvalue weighted by Gasteiger charge is -2.12. The van der Waals surface area contributed by atoms with E-state index in [1.165, 1.54) is 18.3 Å². The molecule has 0 heterocycles. The molecule has 0 spiro atoms. The van der Waals surface area contributed by atoms with Crippen LogP contribution in [-0.4, -0.2) is 37.8 Å². The topological polar surface area (TPSA) is 113 Å². The number of hydrogen-bond acceptors (Lipinski definition) is 8. The number of esters is 2. The molecule has 0 radical (unpaired) electrons. The van der Waals surface area contributed by atoms with Gasteiger partial charge in [-0.25, -0.2) is 15.0 Å². The zero-order chi connectivity index (χ0) is 30.1. The third kappa shape index (κ3) is 8.75. The van der Waals surface area contributed by atoms with Crippen molar-refractivity contribution in [1.82, 2.24) is 5.43 Å². The maximum Gasteiger partial charge on any atom is 0.343 e. The highest BCUT2D eigenvalue weighted by atomic mass is 79.9. The van der Waals surface area contributed by atoms with Gasteiger partial charge in [-0.3, -0.25) is 4.79 Å². The number of methoxy groups -OCH3 is 1. The number of nitrogens with zero attached hydrogens (tertiary/aromatic N) is 1. The first-order chi connectivity index (χ1) is 20.2. The van der Waals surface area contributed by atoms with E-state index in [4.69, 9.17) is 18.9 Å². The van der Waals surface area contributed by atoms with Crippen molar-refractivity contribution in [2.45, 2.75) is 0 Å². The number of ether oxygens (including phenoxy) is 4. The Kier molecular flexibility index (Phi) is 10.9. The Labute approximate surface area is 266 Å². The quantitative estimate of drug-likeness (QED) is 0.0806. The van der Waals surface area contributed by atoms with Crippen LogP contribution in [0.1, 0.15) is 26.3 Å². The lowest BCUT2D eigenvalue weighted by Crippen LogP contribution is -2.24. The molecule has 0 atom stereocenters. The molecular formula is C30H21Br3N2O7. The number of hydrogen-bond donors (Lipinski definition) is 1. The summed E-state index contributed by atoms with van der Waals surface area (Å²) in [6, 6.07) is 22.8. The molecule has 0 aliphatic rings. The van der Waals surface area contributed by atoms with Crippen molar-refractivity contribution in [3.63, 3.8) is 0 Å². The Bertz CT molecular complexity index is 1630. The van der Waals surface area contributed by atoms with Crippen molar-refractivity contribution < 1.29 is 33.3 Å². The lowest BCUT2D eigenvalue weighted by atomic mass is 10.2.